The first kappa shape index (κ1) is 10.7. The molecule has 0 saturated heterocycles. The molecule has 1 heterocycles. The van der Waals surface area contributed by atoms with Crippen LogP contribution in [0.5, 0.6) is 0 Å². The molecule has 15 heavy (non-hydrogen) atoms. The lowest BCUT2D eigenvalue weighted by Crippen LogP contribution is -2.35. The third kappa shape index (κ3) is 1.41. The van der Waals surface area contributed by atoms with Gasteiger partial charge in [-0.15, -0.1) is 0 Å². The Morgan fingerprint density at radius 3 is 2.67 bits per heavy atom. The van der Waals surface area contributed by atoms with Gasteiger partial charge in [-0.2, -0.15) is 0 Å². The number of nitrogens with zero attached hydrogens (tertiary/aromatic N) is 1. The minimum Gasteiger partial charge on any atom is -0.293 e. The highest BCUT2D eigenvalue weighted by molar-refractivity contribution is 5.43. The van der Waals surface area contributed by atoms with Gasteiger partial charge in [0.2, 0.25) is 0 Å². The average molecular weight is 203 g/mol. The molecule has 1 aliphatic heterocycles. The molecular weight excluding hydrogens is 182 g/mol. The molecule has 1 heteroatoms. The van der Waals surface area contributed by atoms with Crippen LogP contribution in [0.2, 0.25) is 0 Å². The minimum absolute atomic E-state index is 0.252. The van der Waals surface area contributed by atoms with Gasteiger partial charge in [0.15, 0.2) is 0 Å². The molecule has 0 N–H and O–H groups in total. The first-order chi connectivity index (χ1) is 7.13. The van der Waals surface area contributed by atoms with Gasteiger partial charge in [-0.25, -0.2) is 0 Å². The van der Waals surface area contributed by atoms with Crippen LogP contribution in [-0.2, 0) is 18.5 Å². The maximum absolute atomic E-state index is 2.48. The van der Waals surface area contributed by atoms with Crippen LogP contribution in [0.4, 0.5) is 0 Å². The van der Waals surface area contributed by atoms with Gasteiger partial charge in [-0.1, -0.05) is 32.0 Å². The number of benzene rings is 1. The summed E-state index contributed by atoms with van der Waals surface area (Å²) in [6.07, 6.45) is 2.33. The molecule has 82 valence electrons. The summed E-state index contributed by atoms with van der Waals surface area (Å²) < 4.78 is 0. The molecule has 1 aliphatic rings. The van der Waals surface area contributed by atoms with Crippen molar-refractivity contribution in [3.63, 3.8) is 0 Å². The number of aryl methyl sites for hydroxylation is 1. The van der Waals surface area contributed by atoms with Gasteiger partial charge >= 0.3 is 0 Å². The van der Waals surface area contributed by atoms with Gasteiger partial charge in [0.25, 0.3) is 0 Å². The third-order valence-electron chi connectivity index (χ3n) is 4.09. The monoisotopic (exact) mass is 203 g/mol. The van der Waals surface area contributed by atoms with E-state index in [2.05, 4.69) is 50.9 Å². The van der Waals surface area contributed by atoms with Crippen molar-refractivity contribution < 1.29 is 0 Å². The lowest BCUT2D eigenvalue weighted by atomic mass is 9.85. The first-order valence-electron chi connectivity index (χ1n) is 5.96. The van der Waals surface area contributed by atoms with Crippen molar-refractivity contribution in [2.24, 2.45) is 0 Å². The molecule has 1 aromatic rings. The molecule has 1 nitrogen and oxygen atoms in total. The fourth-order valence-corrected chi connectivity index (χ4v) is 2.84. The van der Waals surface area contributed by atoms with Crippen LogP contribution in [0.3, 0.4) is 0 Å². The van der Waals surface area contributed by atoms with E-state index in [4.69, 9.17) is 0 Å². The summed E-state index contributed by atoms with van der Waals surface area (Å²) in [5.74, 6) is 0. The smallest absolute Gasteiger partial charge is 0.0436 e. The summed E-state index contributed by atoms with van der Waals surface area (Å²) in [7, 11) is 2.24. The molecule has 0 amide bonds. The van der Waals surface area contributed by atoms with E-state index >= 15 is 0 Å². The average Bonchev–Trinajstić information content (AvgIpc) is 2.52. The van der Waals surface area contributed by atoms with E-state index in [1.165, 1.54) is 17.5 Å². The predicted molar refractivity (Wildman–Crippen MR) is 64.9 cm³/mol. The highest BCUT2D eigenvalue weighted by Crippen LogP contribution is 2.42. The molecule has 1 atom stereocenters. The summed E-state index contributed by atoms with van der Waals surface area (Å²) in [4.78, 5) is 2.48. The molecular formula is C14H21N. The van der Waals surface area contributed by atoms with Gasteiger partial charge in [0.05, 0.1) is 0 Å². The first-order valence-corrected chi connectivity index (χ1v) is 5.96. The molecule has 0 aromatic heterocycles. The molecule has 0 fully saturated rings. The van der Waals surface area contributed by atoms with Crippen molar-refractivity contribution >= 4 is 0 Å². The quantitative estimate of drug-likeness (QED) is 0.712. The second-order valence-corrected chi connectivity index (χ2v) is 4.79. The van der Waals surface area contributed by atoms with Crippen LogP contribution in [-0.4, -0.2) is 11.9 Å². The van der Waals surface area contributed by atoms with E-state index in [1.54, 1.807) is 5.56 Å². The molecule has 0 spiro atoms. The van der Waals surface area contributed by atoms with Gasteiger partial charge in [0, 0.05) is 12.1 Å². The number of hydrogen-bond acceptors (Lipinski definition) is 1. The largest absolute Gasteiger partial charge is 0.293 e. The van der Waals surface area contributed by atoms with Crippen molar-refractivity contribution in [1.82, 2.24) is 4.90 Å². The Morgan fingerprint density at radius 2 is 2.07 bits per heavy atom. The van der Waals surface area contributed by atoms with Crippen molar-refractivity contribution in [2.75, 3.05) is 7.05 Å². The lowest BCUT2D eigenvalue weighted by molar-refractivity contribution is 0.151. The van der Waals surface area contributed by atoms with Gasteiger partial charge < -0.3 is 0 Å². The van der Waals surface area contributed by atoms with Crippen LogP contribution in [0.1, 0.15) is 43.9 Å². The Bertz CT molecular complexity index is 370. The maximum Gasteiger partial charge on any atom is 0.0436 e. The van der Waals surface area contributed by atoms with Crippen molar-refractivity contribution in [2.45, 2.75) is 45.7 Å². The summed E-state index contributed by atoms with van der Waals surface area (Å²) in [6.45, 7) is 8.02. The topological polar surface area (TPSA) is 3.24 Å². The highest BCUT2D eigenvalue weighted by Gasteiger charge is 2.38. The Hall–Kier alpha value is -0.820. The number of fused-ring (bicyclic) bond motifs is 1. The van der Waals surface area contributed by atoms with E-state index in [-0.39, 0.29) is 5.54 Å². The van der Waals surface area contributed by atoms with E-state index in [0.717, 1.165) is 13.0 Å². The van der Waals surface area contributed by atoms with E-state index in [1.807, 2.05) is 0 Å². The molecule has 0 saturated carbocycles. The van der Waals surface area contributed by atoms with Crippen LogP contribution in [0.25, 0.3) is 0 Å². The minimum atomic E-state index is 0.252. The Kier molecular flexibility index (Phi) is 2.59. The molecule has 1 aromatic carbocycles. The van der Waals surface area contributed by atoms with E-state index in [0.29, 0.717) is 0 Å². The summed E-state index contributed by atoms with van der Waals surface area (Å²) in [5.41, 5.74) is 4.90. The standard InChI is InChI=1S/C14H21N/c1-5-11-8-7-9-12-10-15(4)14(3,6-2)13(11)12/h7-9H,5-6,10H2,1-4H3. The third-order valence-corrected chi connectivity index (χ3v) is 4.09. The van der Waals surface area contributed by atoms with Crippen molar-refractivity contribution in [3.05, 3.63) is 34.9 Å². The zero-order chi connectivity index (χ0) is 11.1. The fourth-order valence-electron chi connectivity index (χ4n) is 2.84. The van der Waals surface area contributed by atoms with Gasteiger partial charge in [0.1, 0.15) is 0 Å². The Balaban J connectivity index is 2.60. The maximum atomic E-state index is 2.48. The zero-order valence-electron chi connectivity index (χ0n) is 10.3. The summed E-state index contributed by atoms with van der Waals surface area (Å²) in [5, 5.41) is 0. The second-order valence-electron chi connectivity index (χ2n) is 4.79. The normalized spacial score (nSPS) is 25.6. The molecule has 0 aliphatic carbocycles. The summed E-state index contributed by atoms with van der Waals surface area (Å²) >= 11 is 0. The van der Waals surface area contributed by atoms with Crippen LogP contribution < -0.4 is 0 Å². The van der Waals surface area contributed by atoms with E-state index < -0.39 is 0 Å². The van der Waals surface area contributed by atoms with Gasteiger partial charge in [-0.3, -0.25) is 4.90 Å². The van der Waals surface area contributed by atoms with Crippen molar-refractivity contribution in [1.29, 1.82) is 0 Å². The molecule has 1 unspecified atom stereocenters. The highest BCUT2D eigenvalue weighted by atomic mass is 15.2. The molecule has 0 bridgehead atoms. The second kappa shape index (κ2) is 3.64. The van der Waals surface area contributed by atoms with Crippen LogP contribution in [0.15, 0.2) is 18.2 Å². The molecule has 2 rings (SSSR count). The zero-order valence-corrected chi connectivity index (χ0v) is 10.3. The Labute approximate surface area is 93.1 Å². The van der Waals surface area contributed by atoms with Crippen molar-refractivity contribution in [3.8, 4) is 0 Å². The number of hydrogen-bond donors (Lipinski definition) is 0. The predicted octanol–water partition coefficient (Wildman–Crippen LogP) is 3.32. The summed E-state index contributed by atoms with van der Waals surface area (Å²) in [6, 6.07) is 6.77. The fraction of sp³-hybridized carbons (Fsp3) is 0.571. The SMILES string of the molecule is CCc1cccc2c1C(C)(CC)N(C)C2. The van der Waals surface area contributed by atoms with Crippen LogP contribution >= 0.6 is 0 Å². The molecule has 0 radical (unpaired) electrons. The lowest BCUT2D eigenvalue weighted by Gasteiger charge is -2.33. The van der Waals surface area contributed by atoms with E-state index in [9.17, 15) is 0 Å². The number of rotatable bonds is 2. The van der Waals surface area contributed by atoms with Gasteiger partial charge in [-0.05, 0) is 43.5 Å². The van der Waals surface area contributed by atoms with Crippen LogP contribution in [0, 0.1) is 0 Å². The Morgan fingerprint density at radius 1 is 1.33 bits per heavy atom.